The van der Waals surface area contributed by atoms with Crippen LogP contribution < -0.4 is 5.32 Å². The number of hydrogen-bond donors (Lipinski definition) is 1. The summed E-state index contributed by atoms with van der Waals surface area (Å²) in [7, 11) is 0. The number of imide groups is 1. The normalized spacial score (nSPS) is 15.6. The number of carbonyl (C=O) groups excluding carboxylic acids is 3. The summed E-state index contributed by atoms with van der Waals surface area (Å²) in [6.45, 7) is 1.87. The van der Waals surface area contributed by atoms with Crippen molar-refractivity contribution in [2.24, 2.45) is 0 Å². The molecule has 1 aromatic rings. The third-order valence-electron chi connectivity index (χ3n) is 2.91. The van der Waals surface area contributed by atoms with E-state index in [4.69, 9.17) is 16.3 Å². The number of hydrogen-bond acceptors (Lipinski definition) is 4. The Bertz CT molecular complexity index is 608. The van der Waals surface area contributed by atoms with Gasteiger partial charge in [-0.2, -0.15) is 0 Å². The molecule has 1 unspecified atom stereocenters. The van der Waals surface area contributed by atoms with Gasteiger partial charge in [0.05, 0.1) is 5.56 Å². The van der Waals surface area contributed by atoms with Gasteiger partial charge < -0.3 is 10.1 Å². The molecule has 8 heteroatoms. The Morgan fingerprint density at radius 3 is 2.76 bits per heavy atom. The zero-order valence-corrected chi connectivity index (χ0v) is 11.8. The van der Waals surface area contributed by atoms with Crippen molar-refractivity contribution in [1.82, 2.24) is 10.2 Å². The van der Waals surface area contributed by atoms with Crippen LogP contribution in [0.2, 0.25) is 5.02 Å². The number of nitrogens with zero attached hydrogens (tertiary/aromatic N) is 1. The van der Waals surface area contributed by atoms with E-state index in [1.807, 2.05) is 0 Å². The van der Waals surface area contributed by atoms with Crippen molar-refractivity contribution in [2.45, 2.75) is 13.0 Å². The first-order chi connectivity index (χ1) is 9.90. The summed E-state index contributed by atoms with van der Waals surface area (Å²) in [4.78, 5) is 36.0. The Kier molecular flexibility index (Phi) is 4.42. The number of nitrogens with one attached hydrogen (secondary N) is 1. The number of ether oxygens (including phenoxy) is 1. The summed E-state index contributed by atoms with van der Waals surface area (Å²) >= 11 is 5.58. The summed E-state index contributed by atoms with van der Waals surface area (Å²) < 4.78 is 18.5. The van der Waals surface area contributed by atoms with E-state index in [9.17, 15) is 18.8 Å². The molecule has 6 nitrogen and oxygen atoms in total. The monoisotopic (exact) mass is 314 g/mol. The van der Waals surface area contributed by atoms with Gasteiger partial charge in [-0.05, 0) is 25.1 Å². The second-order valence-corrected chi connectivity index (χ2v) is 4.83. The maximum Gasteiger partial charge on any atom is 0.341 e. The fraction of sp³-hybridized carbons (Fsp3) is 0.308. The van der Waals surface area contributed by atoms with Crippen molar-refractivity contribution in [1.29, 1.82) is 0 Å². The van der Waals surface area contributed by atoms with Crippen LogP contribution >= 0.6 is 11.6 Å². The minimum absolute atomic E-state index is 0.141. The number of carbonyl (C=O) groups is 3. The van der Waals surface area contributed by atoms with Gasteiger partial charge in [0.2, 0.25) is 0 Å². The zero-order chi connectivity index (χ0) is 15.6. The topological polar surface area (TPSA) is 75.7 Å². The summed E-state index contributed by atoms with van der Waals surface area (Å²) in [6, 6.07) is 2.93. The van der Waals surface area contributed by atoms with Crippen LogP contribution in [0.25, 0.3) is 0 Å². The molecule has 1 aromatic carbocycles. The standard InChI is InChI=1S/C13H12ClFN2O4/c1-7(11(18)17-5-4-16-13(17)20)21-12(19)9-3-2-8(14)6-10(9)15/h2-3,6-7H,4-5H2,1H3,(H,16,20). The van der Waals surface area contributed by atoms with Crippen LogP contribution in [-0.2, 0) is 9.53 Å². The van der Waals surface area contributed by atoms with Gasteiger partial charge in [-0.25, -0.2) is 14.0 Å². The van der Waals surface area contributed by atoms with Crippen LogP contribution in [0.15, 0.2) is 18.2 Å². The van der Waals surface area contributed by atoms with Gasteiger partial charge in [0.25, 0.3) is 5.91 Å². The van der Waals surface area contributed by atoms with E-state index in [-0.39, 0.29) is 17.1 Å². The molecule has 0 radical (unpaired) electrons. The first-order valence-electron chi connectivity index (χ1n) is 6.15. The third-order valence-corrected chi connectivity index (χ3v) is 3.14. The van der Waals surface area contributed by atoms with Crippen molar-refractivity contribution in [2.75, 3.05) is 13.1 Å². The summed E-state index contributed by atoms with van der Waals surface area (Å²) in [5.74, 6) is -2.50. The third kappa shape index (κ3) is 3.30. The maximum atomic E-state index is 13.6. The Hall–Kier alpha value is -2.15. The fourth-order valence-corrected chi connectivity index (χ4v) is 1.99. The lowest BCUT2D eigenvalue weighted by molar-refractivity contribution is -0.136. The highest BCUT2D eigenvalue weighted by Crippen LogP contribution is 2.16. The van der Waals surface area contributed by atoms with Gasteiger partial charge in [0.15, 0.2) is 6.10 Å². The van der Waals surface area contributed by atoms with E-state index in [1.54, 1.807) is 0 Å². The molecule has 1 fully saturated rings. The summed E-state index contributed by atoms with van der Waals surface area (Å²) in [5, 5.41) is 2.60. The van der Waals surface area contributed by atoms with Crippen LogP contribution in [-0.4, -0.2) is 42.0 Å². The molecule has 1 saturated heterocycles. The van der Waals surface area contributed by atoms with Gasteiger partial charge in [0, 0.05) is 18.1 Å². The zero-order valence-electron chi connectivity index (χ0n) is 11.1. The highest BCUT2D eigenvalue weighted by Gasteiger charge is 2.32. The van der Waals surface area contributed by atoms with Crippen LogP contribution in [0.3, 0.4) is 0 Å². The molecule has 0 spiro atoms. The quantitative estimate of drug-likeness (QED) is 0.859. The van der Waals surface area contributed by atoms with E-state index in [2.05, 4.69) is 5.32 Å². The van der Waals surface area contributed by atoms with Crippen molar-refractivity contribution in [3.63, 3.8) is 0 Å². The molecule has 3 amide bonds. The molecular formula is C13H12ClFN2O4. The molecule has 1 heterocycles. The molecule has 1 aliphatic rings. The Morgan fingerprint density at radius 2 is 2.19 bits per heavy atom. The van der Waals surface area contributed by atoms with Crippen LogP contribution in [0.1, 0.15) is 17.3 Å². The molecule has 21 heavy (non-hydrogen) atoms. The van der Waals surface area contributed by atoms with Crippen molar-refractivity contribution in [3.05, 3.63) is 34.6 Å². The average molecular weight is 315 g/mol. The number of halogens is 2. The lowest BCUT2D eigenvalue weighted by Crippen LogP contribution is -2.41. The first-order valence-corrected chi connectivity index (χ1v) is 6.53. The number of benzene rings is 1. The van der Waals surface area contributed by atoms with E-state index in [0.717, 1.165) is 11.0 Å². The van der Waals surface area contributed by atoms with Crippen LogP contribution in [0.5, 0.6) is 0 Å². The molecule has 2 rings (SSSR count). The van der Waals surface area contributed by atoms with Gasteiger partial charge in [-0.15, -0.1) is 0 Å². The lowest BCUT2D eigenvalue weighted by atomic mass is 10.2. The van der Waals surface area contributed by atoms with Crippen LogP contribution in [0.4, 0.5) is 9.18 Å². The Labute approximate surface area is 124 Å². The highest BCUT2D eigenvalue weighted by molar-refractivity contribution is 6.30. The average Bonchev–Trinajstić information content (AvgIpc) is 2.83. The minimum Gasteiger partial charge on any atom is -0.449 e. The van der Waals surface area contributed by atoms with E-state index in [1.165, 1.54) is 19.1 Å². The molecule has 0 saturated carbocycles. The number of urea groups is 1. The van der Waals surface area contributed by atoms with E-state index in [0.29, 0.717) is 6.54 Å². The molecule has 1 aliphatic heterocycles. The minimum atomic E-state index is -1.20. The fourth-order valence-electron chi connectivity index (χ4n) is 1.83. The number of esters is 1. The second-order valence-electron chi connectivity index (χ2n) is 4.39. The lowest BCUT2D eigenvalue weighted by Gasteiger charge is -2.18. The summed E-state index contributed by atoms with van der Waals surface area (Å²) in [5.41, 5.74) is -0.329. The first kappa shape index (κ1) is 15.2. The van der Waals surface area contributed by atoms with Gasteiger partial charge in [-0.1, -0.05) is 11.6 Å². The second kappa shape index (κ2) is 6.09. The predicted octanol–water partition coefficient (Wildman–Crippen LogP) is 1.58. The van der Waals surface area contributed by atoms with E-state index >= 15 is 0 Å². The largest absolute Gasteiger partial charge is 0.449 e. The smallest absolute Gasteiger partial charge is 0.341 e. The highest BCUT2D eigenvalue weighted by atomic mass is 35.5. The molecule has 112 valence electrons. The number of amides is 3. The maximum absolute atomic E-state index is 13.6. The van der Waals surface area contributed by atoms with Crippen LogP contribution in [0, 0.1) is 5.82 Å². The summed E-state index contributed by atoms with van der Waals surface area (Å²) in [6.07, 6.45) is -1.20. The molecule has 0 aromatic heterocycles. The predicted molar refractivity (Wildman–Crippen MR) is 71.4 cm³/mol. The molecule has 0 aliphatic carbocycles. The Morgan fingerprint density at radius 1 is 1.48 bits per heavy atom. The van der Waals surface area contributed by atoms with Gasteiger partial charge >= 0.3 is 12.0 Å². The van der Waals surface area contributed by atoms with Gasteiger partial charge in [-0.3, -0.25) is 9.69 Å². The SMILES string of the molecule is CC(OC(=O)c1ccc(Cl)cc1F)C(=O)N1CCNC1=O. The van der Waals surface area contributed by atoms with Gasteiger partial charge in [0.1, 0.15) is 5.82 Å². The molecular weight excluding hydrogens is 303 g/mol. The van der Waals surface area contributed by atoms with Crippen molar-refractivity contribution < 1.29 is 23.5 Å². The van der Waals surface area contributed by atoms with E-state index < -0.39 is 29.8 Å². The van der Waals surface area contributed by atoms with Crippen molar-refractivity contribution in [3.8, 4) is 0 Å². The molecule has 0 bridgehead atoms. The number of rotatable bonds is 3. The molecule has 1 atom stereocenters. The van der Waals surface area contributed by atoms with Crippen molar-refractivity contribution >= 4 is 29.5 Å². The molecule has 1 N–H and O–H groups in total. The Balaban J connectivity index is 2.05.